The van der Waals surface area contributed by atoms with Crippen molar-refractivity contribution in [2.24, 2.45) is 0 Å². The van der Waals surface area contributed by atoms with E-state index in [0.29, 0.717) is 5.92 Å². The van der Waals surface area contributed by atoms with Crippen molar-refractivity contribution in [3.8, 4) is 0 Å². The van der Waals surface area contributed by atoms with Gasteiger partial charge in [-0.05, 0) is 29.7 Å². The first-order valence-electron chi connectivity index (χ1n) is 6.12. The summed E-state index contributed by atoms with van der Waals surface area (Å²) in [5, 5.41) is 10.9. The average molecular weight is 237 g/mol. The molecule has 3 aromatic rings. The van der Waals surface area contributed by atoms with Crippen molar-refractivity contribution in [1.82, 2.24) is 15.4 Å². The number of hydrogen-bond acceptors (Lipinski definition) is 2. The molecule has 1 heterocycles. The van der Waals surface area contributed by atoms with E-state index in [1.54, 1.807) is 0 Å². The quantitative estimate of drug-likeness (QED) is 0.742. The molecule has 1 N–H and O–H groups in total. The molecule has 0 amide bonds. The third-order valence-electron chi connectivity index (χ3n) is 3.44. The molecule has 0 saturated heterocycles. The van der Waals surface area contributed by atoms with Gasteiger partial charge in [0.2, 0.25) is 0 Å². The molecule has 0 radical (unpaired) electrons. The molecule has 0 fully saturated rings. The molecule has 3 rings (SSSR count). The minimum absolute atomic E-state index is 0.373. The number of aromatic nitrogens is 3. The second kappa shape index (κ2) is 4.26. The molecule has 0 aliphatic carbocycles. The fourth-order valence-corrected chi connectivity index (χ4v) is 2.34. The molecule has 2 aromatic carbocycles. The summed E-state index contributed by atoms with van der Waals surface area (Å²) < 4.78 is 0. The molecular formula is C15H15N3. The minimum atomic E-state index is 0.373. The highest BCUT2D eigenvalue weighted by Gasteiger charge is 2.11. The normalized spacial score (nSPS) is 12.8. The maximum Gasteiger partial charge on any atom is 0.115 e. The highest BCUT2D eigenvalue weighted by atomic mass is 15.3. The molecule has 0 saturated carbocycles. The summed E-state index contributed by atoms with van der Waals surface area (Å²) >= 11 is 0. The van der Waals surface area contributed by atoms with Gasteiger partial charge in [0.05, 0.1) is 5.52 Å². The molecule has 18 heavy (non-hydrogen) atoms. The lowest BCUT2D eigenvalue weighted by Gasteiger charge is -2.13. The van der Waals surface area contributed by atoms with Gasteiger partial charge in [0.25, 0.3) is 0 Å². The number of nitrogens with zero attached hydrogens (tertiary/aromatic N) is 2. The smallest absolute Gasteiger partial charge is 0.115 e. The van der Waals surface area contributed by atoms with Crippen molar-refractivity contribution >= 4 is 11.0 Å². The first-order chi connectivity index (χ1) is 8.75. The van der Waals surface area contributed by atoms with E-state index in [-0.39, 0.29) is 0 Å². The van der Waals surface area contributed by atoms with E-state index in [4.69, 9.17) is 0 Å². The fraction of sp³-hybridized carbons (Fsp3) is 0.200. The number of fused-ring (bicyclic) bond motifs is 1. The monoisotopic (exact) mass is 237 g/mol. The Balaban J connectivity index is 2.09. The standard InChI is InChI=1S/C15H15N3/c1-10-8-13(9-14-15(10)17-18-16-14)11(2)12-6-4-3-5-7-12/h3-9,11H,1-2H3,(H,16,17,18). The highest BCUT2D eigenvalue weighted by Crippen LogP contribution is 2.27. The van der Waals surface area contributed by atoms with Gasteiger partial charge < -0.3 is 0 Å². The van der Waals surface area contributed by atoms with E-state index in [1.165, 1.54) is 16.7 Å². The van der Waals surface area contributed by atoms with Gasteiger partial charge in [-0.25, -0.2) is 0 Å². The van der Waals surface area contributed by atoms with Crippen LogP contribution in [0.4, 0.5) is 0 Å². The van der Waals surface area contributed by atoms with Gasteiger partial charge in [-0.2, -0.15) is 0 Å². The Morgan fingerprint density at radius 2 is 1.83 bits per heavy atom. The first kappa shape index (κ1) is 11.0. The highest BCUT2D eigenvalue weighted by molar-refractivity contribution is 5.78. The SMILES string of the molecule is Cc1cc(C(C)c2ccccc2)cc2[nH]nnc12. The van der Waals surface area contributed by atoms with E-state index in [1.807, 2.05) is 6.07 Å². The van der Waals surface area contributed by atoms with Crippen LogP contribution in [-0.2, 0) is 0 Å². The Hall–Kier alpha value is -2.16. The molecular weight excluding hydrogens is 222 g/mol. The number of rotatable bonds is 2. The zero-order valence-electron chi connectivity index (χ0n) is 10.5. The van der Waals surface area contributed by atoms with Crippen molar-refractivity contribution in [1.29, 1.82) is 0 Å². The van der Waals surface area contributed by atoms with Crippen LogP contribution in [0.2, 0.25) is 0 Å². The molecule has 3 heteroatoms. The van der Waals surface area contributed by atoms with E-state index in [2.05, 4.69) is 65.7 Å². The third-order valence-corrected chi connectivity index (χ3v) is 3.44. The van der Waals surface area contributed by atoms with E-state index in [9.17, 15) is 0 Å². The molecule has 1 aromatic heterocycles. The topological polar surface area (TPSA) is 41.6 Å². The lowest BCUT2D eigenvalue weighted by Crippen LogP contribution is -1.96. The van der Waals surface area contributed by atoms with Gasteiger partial charge in [0.1, 0.15) is 5.52 Å². The Morgan fingerprint density at radius 3 is 2.61 bits per heavy atom. The predicted octanol–water partition coefficient (Wildman–Crippen LogP) is 3.42. The van der Waals surface area contributed by atoms with Crippen LogP contribution in [0.5, 0.6) is 0 Å². The molecule has 0 aliphatic heterocycles. The maximum absolute atomic E-state index is 4.09. The summed E-state index contributed by atoms with van der Waals surface area (Å²) in [5.74, 6) is 0.373. The van der Waals surface area contributed by atoms with Crippen molar-refractivity contribution in [2.45, 2.75) is 19.8 Å². The molecule has 0 aliphatic rings. The number of aryl methyl sites for hydroxylation is 1. The summed E-state index contributed by atoms with van der Waals surface area (Å²) in [5.41, 5.74) is 5.74. The van der Waals surface area contributed by atoms with Crippen LogP contribution < -0.4 is 0 Å². The second-order valence-electron chi connectivity index (χ2n) is 4.68. The Labute approximate surface area is 106 Å². The second-order valence-corrected chi connectivity index (χ2v) is 4.68. The summed E-state index contributed by atoms with van der Waals surface area (Å²) in [6.45, 7) is 4.30. The summed E-state index contributed by atoms with van der Waals surface area (Å²) in [6.07, 6.45) is 0. The summed E-state index contributed by atoms with van der Waals surface area (Å²) in [4.78, 5) is 0. The number of benzene rings is 2. The van der Waals surface area contributed by atoms with Crippen molar-refractivity contribution in [2.75, 3.05) is 0 Å². The molecule has 90 valence electrons. The van der Waals surface area contributed by atoms with Crippen molar-refractivity contribution in [3.63, 3.8) is 0 Å². The molecule has 0 bridgehead atoms. The summed E-state index contributed by atoms with van der Waals surface area (Å²) in [7, 11) is 0. The maximum atomic E-state index is 4.09. The van der Waals surface area contributed by atoms with Crippen LogP contribution in [0.1, 0.15) is 29.5 Å². The van der Waals surface area contributed by atoms with E-state index >= 15 is 0 Å². The number of aromatic amines is 1. The van der Waals surface area contributed by atoms with Gasteiger partial charge >= 0.3 is 0 Å². The predicted molar refractivity (Wildman–Crippen MR) is 72.6 cm³/mol. The largest absolute Gasteiger partial charge is 0.258 e. The van der Waals surface area contributed by atoms with Crippen molar-refractivity contribution in [3.05, 3.63) is 59.2 Å². The van der Waals surface area contributed by atoms with E-state index in [0.717, 1.165) is 11.0 Å². The van der Waals surface area contributed by atoms with Gasteiger partial charge in [-0.3, -0.25) is 5.10 Å². The average Bonchev–Trinajstić information content (AvgIpc) is 2.88. The van der Waals surface area contributed by atoms with Crippen LogP contribution in [0.3, 0.4) is 0 Å². The van der Waals surface area contributed by atoms with Gasteiger partial charge in [-0.1, -0.05) is 48.5 Å². The molecule has 1 atom stereocenters. The van der Waals surface area contributed by atoms with Gasteiger partial charge in [0, 0.05) is 5.92 Å². The van der Waals surface area contributed by atoms with Crippen LogP contribution in [0.15, 0.2) is 42.5 Å². The lowest BCUT2D eigenvalue weighted by molar-refractivity contribution is 0.922. The van der Waals surface area contributed by atoms with Crippen LogP contribution in [0.25, 0.3) is 11.0 Å². The van der Waals surface area contributed by atoms with Crippen LogP contribution in [0, 0.1) is 6.92 Å². The van der Waals surface area contributed by atoms with Gasteiger partial charge in [0.15, 0.2) is 0 Å². The van der Waals surface area contributed by atoms with E-state index < -0.39 is 0 Å². The molecule has 3 nitrogen and oxygen atoms in total. The first-order valence-corrected chi connectivity index (χ1v) is 6.12. The zero-order valence-corrected chi connectivity index (χ0v) is 10.5. The van der Waals surface area contributed by atoms with Crippen molar-refractivity contribution < 1.29 is 0 Å². The minimum Gasteiger partial charge on any atom is -0.258 e. The number of nitrogens with one attached hydrogen (secondary N) is 1. The Morgan fingerprint density at radius 1 is 1.06 bits per heavy atom. The molecule has 1 unspecified atom stereocenters. The summed E-state index contributed by atoms with van der Waals surface area (Å²) in [6, 6.07) is 14.9. The lowest BCUT2D eigenvalue weighted by atomic mass is 9.92. The zero-order chi connectivity index (χ0) is 12.5. The number of H-pyrrole nitrogens is 1. The fourth-order valence-electron chi connectivity index (χ4n) is 2.34. The van der Waals surface area contributed by atoms with Crippen LogP contribution >= 0.6 is 0 Å². The number of hydrogen-bond donors (Lipinski definition) is 1. The molecule has 0 spiro atoms. The Bertz CT molecular complexity index is 671. The third kappa shape index (κ3) is 1.78. The van der Waals surface area contributed by atoms with Gasteiger partial charge in [-0.15, -0.1) is 5.10 Å². The Kier molecular flexibility index (Phi) is 2.59. The van der Waals surface area contributed by atoms with Crippen LogP contribution in [-0.4, -0.2) is 15.4 Å².